The van der Waals surface area contributed by atoms with Crippen molar-refractivity contribution in [1.82, 2.24) is 9.97 Å². The van der Waals surface area contributed by atoms with Gasteiger partial charge in [-0.05, 0) is 24.3 Å². The first-order chi connectivity index (χ1) is 13.6. The summed E-state index contributed by atoms with van der Waals surface area (Å²) >= 11 is 0. The summed E-state index contributed by atoms with van der Waals surface area (Å²) in [6, 6.07) is 14.6. The van der Waals surface area contributed by atoms with Crippen LogP contribution < -0.4 is 25.8 Å². The van der Waals surface area contributed by atoms with Gasteiger partial charge in [0.25, 0.3) is 0 Å². The van der Waals surface area contributed by atoms with Gasteiger partial charge in [0.15, 0.2) is 17.3 Å². The van der Waals surface area contributed by atoms with Gasteiger partial charge < -0.3 is 25.8 Å². The number of methoxy groups -OCH3 is 2. The molecule has 0 unspecified atom stereocenters. The fourth-order valence-corrected chi connectivity index (χ4v) is 2.72. The number of nitrogens with one attached hydrogen (secondary N) is 2. The molecule has 0 radical (unpaired) electrons. The van der Waals surface area contributed by atoms with E-state index in [1.54, 1.807) is 51.6 Å². The van der Waals surface area contributed by atoms with Gasteiger partial charge in [0, 0.05) is 27.2 Å². The Morgan fingerprint density at radius 3 is 2.54 bits per heavy atom. The van der Waals surface area contributed by atoms with Crippen LogP contribution in [0.1, 0.15) is 8.42 Å². The standard InChI is InChI=1S/C20H20N6O2.2H2/c1-23-19-17(22)18(13-6-4-5-12(9-13)11-21)25-20(26-19)24-14-7-8-15(27-2)16(10-14)28-3;;/h4-10H,22H2,1-3H3,(H2,23,24,25,26);2*1H. The Morgan fingerprint density at radius 1 is 1.07 bits per heavy atom. The minimum absolute atomic E-state index is 0. The maximum Gasteiger partial charge on any atom is 0.229 e. The molecule has 0 bridgehead atoms. The molecule has 0 saturated carbocycles. The fourth-order valence-electron chi connectivity index (χ4n) is 2.72. The van der Waals surface area contributed by atoms with Crippen LogP contribution in [0.15, 0.2) is 42.5 Å². The van der Waals surface area contributed by atoms with Gasteiger partial charge in [-0.15, -0.1) is 0 Å². The molecule has 2 aromatic carbocycles. The van der Waals surface area contributed by atoms with Crippen LogP contribution in [0.3, 0.4) is 0 Å². The van der Waals surface area contributed by atoms with E-state index in [2.05, 4.69) is 26.7 Å². The first-order valence-electron chi connectivity index (χ1n) is 8.44. The van der Waals surface area contributed by atoms with E-state index >= 15 is 0 Å². The van der Waals surface area contributed by atoms with Crippen LogP contribution in [0.2, 0.25) is 0 Å². The summed E-state index contributed by atoms with van der Waals surface area (Å²) in [5.41, 5.74) is 9.13. The maximum absolute atomic E-state index is 9.16. The Morgan fingerprint density at radius 2 is 1.86 bits per heavy atom. The lowest BCUT2D eigenvalue weighted by Crippen LogP contribution is -2.07. The second-order valence-electron chi connectivity index (χ2n) is 5.80. The van der Waals surface area contributed by atoms with Gasteiger partial charge in [0.1, 0.15) is 11.4 Å². The second-order valence-corrected chi connectivity index (χ2v) is 5.80. The number of ether oxygens (including phenoxy) is 2. The third kappa shape index (κ3) is 3.73. The topological polar surface area (TPSA) is 118 Å². The number of anilines is 4. The highest BCUT2D eigenvalue weighted by atomic mass is 16.5. The van der Waals surface area contributed by atoms with Crippen LogP contribution in [0.5, 0.6) is 11.5 Å². The van der Waals surface area contributed by atoms with Gasteiger partial charge in [0.2, 0.25) is 5.95 Å². The molecular weight excluding hydrogens is 356 g/mol. The van der Waals surface area contributed by atoms with Gasteiger partial charge in [-0.1, -0.05) is 12.1 Å². The first kappa shape index (κ1) is 18.8. The Kier molecular flexibility index (Phi) is 5.46. The minimum Gasteiger partial charge on any atom is -0.493 e. The van der Waals surface area contributed by atoms with Crippen LogP contribution in [0.4, 0.5) is 23.1 Å². The molecule has 1 heterocycles. The maximum atomic E-state index is 9.16. The number of hydrogen-bond acceptors (Lipinski definition) is 8. The Hall–Kier alpha value is -3.99. The zero-order valence-electron chi connectivity index (χ0n) is 15.8. The minimum atomic E-state index is 0. The van der Waals surface area contributed by atoms with Crippen molar-refractivity contribution < 1.29 is 12.3 Å². The average molecular weight is 380 g/mol. The molecule has 8 heteroatoms. The van der Waals surface area contributed by atoms with Crippen LogP contribution in [0, 0.1) is 11.3 Å². The smallest absolute Gasteiger partial charge is 0.229 e. The lowest BCUT2D eigenvalue weighted by Gasteiger charge is -2.14. The summed E-state index contributed by atoms with van der Waals surface area (Å²) in [5.74, 6) is 2.04. The van der Waals surface area contributed by atoms with Gasteiger partial charge in [-0.2, -0.15) is 10.2 Å². The van der Waals surface area contributed by atoms with E-state index in [1.165, 1.54) is 0 Å². The highest BCUT2D eigenvalue weighted by Crippen LogP contribution is 2.33. The summed E-state index contributed by atoms with van der Waals surface area (Å²) in [7, 11) is 4.88. The third-order valence-corrected chi connectivity index (χ3v) is 4.09. The Balaban J connectivity index is 0.00000225. The number of nitrogens with two attached hydrogens (primary N) is 1. The molecule has 0 spiro atoms. The normalized spacial score (nSPS) is 10.1. The molecule has 0 fully saturated rings. The van der Waals surface area contributed by atoms with Crippen LogP contribution in [-0.2, 0) is 0 Å². The lowest BCUT2D eigenvalue weighted by molar-refractivity contribution is 0.355. The van der Waals surface area contributed by atoms with E-state index < -0.39 is 0 Å². The molecule has 3 aromatic rings. The third-order valence-electron chi connectivity index (χ3n) is 4.09. The van der Waals surface area contributed by atoms with Gasteiger partial charge >= 0.3 is 0 Å². The SMILES string of the molecule is CNc1nc(Nc2ccc(OC)c(OC)c2)nc(-c2cccc(C#N)c2)c1N.[HH].[HH]. The van der Waals surface area contributed by atoms with Gasteiger partial charge in [-0.25, -0.2) is 4.98 Å². The Labute approximate surface area is 165 Å². The van der Waals surface area contributed by atoms with E-state index in [0.29, 0.717) is 40.2 Å². The molecule has 0 amide bonds. The number of aromatic nitrogens is 2. The highest BCUT2D eigenvalue weighted by Gasteiger charge is 2.14. The summed E-state index contributed by atoms with van der Waals surface area (Å²) in [6.07, 6.45) is 0. The largest absolute Gasteiger partial charge is 0.493 e. The molecule has 28 heavy (non-hydrogen) atoms. The number of benzene rings is 2. The predicted octanol–water partition coefficient (Wildman–Crippen LogP) is 3.89. The molecule has 4 N–H and O–H groups in total. The molecular formula is C20H24N6O2. The van der Waals surface area contributed by atoms with E-state index in [4.69, 9.17) is 20.5 Å². The molecule has 0 aliphatic carbocycles. The van der Waals surface area contributed by atoms with E-state index in [-0.39, 0.29) is 2.85 Å². The molecule has 146 valence electrons. The van der Waals surface area contributed by atoms with E-state index in [0.717, 1.165) is 11.3 Å². The zero-order valence-corrected chi connectivity index (χ0v) is 15.8. The number of nitrogen functional groups attached to an aromatic ring is 1. The quantitative estimate of drug-likeness (QED) is 0.589. The van der Waals surface area contributed by atoms with Crippen molar-refractivity contribution in [2.45, 2.75) is 0 Å². The van der Waals surface area contributed by atoms with Gasteiger partial charge in [-0.3, -0.25) is 0 Å². The van der Waals surface area contributed by atoms with Crippen LogP contribution in [0.25, 0.3) is 11.3 Å². The number of hydrogen-bond donors (Lipinski definition) is 3. The summed E-state index contributed by atoms with van der Waals surface area (Å²) in [5, 5.41) is 15.3. The summed E-state index contributed by atoms with van der Waals surface area (Å²) < 4.78 is 10.6. The molecule has 1 aromatic heterocycles. The second kappa shape index (κ2) is 8.14. The number of nitriles is 1. The molecule has 0 atom stereocenters. The fraction of sp³-hybridized carbons (Fsp3) is 0.150. The van der Waals surface area contributed by atoms with E-state index in [1.807, 2.05) is 12.1 Å². The van der Waals surface area contributed by atoms with Crippen molar-refractivity contribution in [3.63, 3.8) is 0 Å². The van der Waals surface area contributed by atoms with Crippen molar-refractivity contribution >= 4 is 23.1 Å². The van der Waals surface area contributed by atoms with Gasteiger partial charge in [0.05, 0.1) is 25.9 Å². The zero-order chi connectivity index (χ0) is 20.1. The molecule has 8 nitrogen and oxygen atoms in total. The highest BCUT2D eigenvalue weighted by molar-refractivity contribution is 5.82. The van der Waals surface area contributed by atoms with Crippen molar-refractivity contribution in [1.29, 1.82) is 5.26 Å². The number of rotatable bonds is 6. The van der Waals surface area contributed by atoms with Crippen molar-refractivity contribution in [2.75, 3.05) is 37.6 Å². The lowest BCUT2D eigenvalue weighted by atomic mass is 10.1. The molecule has 0 aliphatic rings. The van der Waals surface area contributed by atoms with E-state index in [9.17, 15) is 0 Å². The molecule has 3 rings (SSSR count). The van der Waals surface area contributed by atoms with Crippen LogP contribution in [-0.4, -0.2) is 31.2 Å². The molecule has 0 aliphatic heterocycles. The summed E-state index contributed by atoms with van der Waals surface area (Å²) in [6.45, 7) is 0. The predicted molar refractivity (Wildman–Crippen MR) is 113 cm³/mol. The van der Waals surface area contributed by atoms with Crippen molar-refractivity contribution in [2.24, 2.45) is 0 Å². The average Bonchev–Trinajstić information content (AvgIpc) is 2.74. The first-order valence-corrected chi connectivity index (χ1v) is 8.44. The summed E-state index contributed by atoms with van der Waals surface area (Å²) in [4.78, 5) is 8.97. The van der Waals surface area contributed by atoms with Crippen molar-refractivity contribution in [3.05, 3.63) is 48.0 Å². The van der Waals surface area contributed by atoms with Crippen LogP contribution >= 0.6 is 0 Å². The van der Waals surface area contributed by atoms with Crippen molar-refractivity contribution in [3.8, 4) is 28.8 Å². The Bertz CT molecular complexity index is 1060. The monoisotopic (exact) mass is 380 g/mol. The molecule has 0 saturated heterocycles. The number of nitrogens with zero attached hydrogens (tertiary/aromatic N) is 3.